The van der Waals surface area contributed by atoms with E-state index in [4.69, 9.17) is 4.74 Å². The second-order valence-corrected chi connectivity index (χ2v) is 3.87. The van der Waals surface area contributed by atoms with Gasteiger partial charge in [-0.15, -0.1) is 0 Å². The van der Waals surface area contributed by atoms with Crippen molar-refractivity contribution < 1.29 is 13.9 Å². The summed E-state index contributed by atoms with van der Waals surface area (Å²) in [5, 5.41) is 0. The first-order valence-electron chi connectivity index (χ1n) is 5.68. The molecule has 2 aromatic rings. The molecule has 0 aromatic heterocycles. The average molecular weight is 257 g/mol. The molecule has 0 bridgehead atoms. The maximum Gasteiger partial charge on any atom is 0.166 e. The summed E-state index contributed by atoms with van der Waals surface area (Å²) in [5.74, 6) is 0.144. The van der Waals surface area contributed by atoms with E-state index in [-0.39, 0.29) is 5.75 Å². The molecule has 0 saturated carbocycles. The lowest BCUT2D eigenvalue weighted by Crippen LogP contribution is -1.91. The van der Waals surface area contributed by atoms with E-state index in [9.17, 15) is 9.18 Å². The Balaban J connectivity index is 2.20. The van der Waals surface area contributed by atoms with Crippen LogP contribution in [0.15, 0.2) is 47.5 Å². The van der Waals surface area contributed by atoms with Gasteiger partial charge in [-0.3, -0.25) is 9.79 Å². The predicted octanol–water partition coefficient (Wildman–Crippen LogP) is 3.48. The number of hydrogen-bond acceptors (Lipinski definition) is 3. The van der Waals surface area contributed by atoms with E-state index in [1.165, 1.54) is 6.07 Å². The molecular formula is C15H12FNO2. The maximum absolute atomic E-state index is 13.8. The van der Waals surface area contributed by atoms with Crippen LogP contribution in [0.4, 0.5) is 4.39 Å². The van der Waals surface area contributed by atoms with Crippen LogP contribution in [0.25, 0.3) is 0 Å². The van der Waals surface area contributed by atoms with Gasteiger partial charge in [-0.05, 0) is 48.0 Å². The number of aldehydes is 1. The second kappa shape index (κ2) is 5.91. The molecule has 0 spiro atoms. The number of carbonyl (C=O) groups excluding carboxylic acids is 1. The van der Waals surface area contributed by atoms with Crippen LogP contribution in [0, 0.1) is 5.82 Å². The van der Waals surface area contributed by atoms with E-state index in [0.717, 1.165) is 6.29 Å². The average Bonchev–Trinajstić information content (AvgIpc) is 2.43. The minimum absolute atomic E-state index is 0.132. The molecule has 0 radical (unpaired) electrons. The third-order valence-electron chi connectivity index (χ3n) is 2.48. The zero-order valence-electron chi connectivity index (χ0n) is 10.3. The van der Waals surface area contributed by atoms with Crippen LogP contribution in [0.2, 0.25) is 0 Å². The quantitative estimate of drug-likeness (QED) is 0.621. The highest BCUT2D eigenvalue weighted by atomic mass is 19.1. The lowest BCUT2D eigenvalue weighted by atomic mass is 10.2. The lowest BCUT2D eigenvalue weighted by molar-refractivity contribution is 0.112. The topological polar surface area (TPSA) is 38.7 Å². The molecular weight excluding hydrogens is 245 g/mol. The summed E-state index contributed by atoms with van der Waals surface area (Å²) in [6.07, 6.45) is 2.30. The molecule has 0 saturated heterocycles. The summed E-state index contributed by atoms with van der Waals surface area (Å²) in [5.41, 5.74) is 1.21. The largest absolute Gasteiger partial charge is 0.454 e. The van der Waals surface area contributed by atoms with Crippen molar-refractivity contribution in [3.05, 3.63) is 59.4 Å². The molecule has 96 valence electrons. The normalized spacial score (nSPS) is 10.6. The number of benzene rings is 2. The van der Waals surface area contributed by atoms with Gasteiger partial charge in [-0.1, -0.05) is 0 Å². The predicted molar refractivity (Wildman–Crippen MR) is 71.8 cm³/mol. The minimum atomic E-state index is -0.461. The van der Waals surface area contributed by atoms with E-state index in [1.807, 2.05) is 0 Å². The smallest absolute Gasteiger partial charge is 0.166 e. The Kier molecular flexibility index (Phi) is 4.03. The van der Waals surface area contributed by atoms with Crippen molar-refractivity contribution >= 4 is 12.5 Å². The van der Waals surface area contributed by atoms with Crippen molar-refractivity contribution in [2.75, 3.05) is 7.05 Å². The van der Waals surface area contributed by atoms with E-state index >= 15 is 0 Å². The Hall–Kier alpha value is -2.49. The van der Waals surface area contributed by atoms with Crippen molar-refractivity contribution in [1.82, 2.24) is 0 Å². The van der Waals surface area contributed by atoms with Gasteiger partial charge < -0.3 is 4.74 Å². The van der Waals surface area contributed by atoms with Crippen LogP contribution in [0.1, 0.15) is 15.9 Å². The van der Waals surface area contributed by atoms with Crippen LogP contribution >= 0.6 is 0 Å². The van der Waals surface area contributed by atoms with Crippen molar-refractivity contribution in [2.45, 2.75) is 0 Å². The van der Waals surface area contributed by atoms with E-state index in [1.54, 1.807) is 49.7 Å². The number of nitrogens with zero attached hydrogens (tertiary/aromatic N) is 1. The number of halogens is 1. The summed E-state index contributed by atoms with van der Waals surface area (Å²) < 4.78 is 19.2. The first-order chi connectivity index (χ1) is 9.22. The lowest BCUT2D eigenvalue weighted by Gasteiger charge is -2.07. The summed E-state index contributed by atoms with van der Waals surface area (Å²) >= 11 is 0. The van der Waals surface area contributed by atoms with Crippen molar-refractivity contribution in [1.29, 1.82) is 0 Å². The molecule has 19 heavy (non-hydrogen) atoms. The number of hydrogen-bond donors (Lipinski definition) is 0. The molecule has 0 N–H and O–H groups in total. The molecule has 0 unspecified atom stereocenters. The monoisotopic (exact) mass is 257 g/mol. The highest BCUT2D eigenvalue weighted by Gasteiger charge is 2.05. The van der Waals surface area contributed by atoms with Gasteiger partial charge in [0.05, 0.1) is 0 Å². The van der Waals surface area contributed by atoms with E-state index in [2.05, 4.69) is 4.99 Å². The standard InChI is InChI=1S/C15H12FNO2/c1-17-9-12-4-7-15(14(16)8-12)19-13-5-2-11(10-18)3-6-13/h2-10H,1H3. The number of rotatable bonds is 4. The van der Waals surface area contributed by atoms with Gasteiger partial charge in [0, 0.05) is 18.8 Å². The number of aliphatic imine (C=N–C) groups is 1. The fourth-order valence-corrected chi connectivity index (χ4v) is 1.57. The highest BCUT2D eigenvalue weighted by Crippen LogP contribution is 2.24. The third kappa shape index (κ3) is 3.25. The Labute approximate surface area is 110 Å². The van der Waals surface area contributed by atoms with Gasteiger partial charge in [-0.2, -0.15) is 0 Å². The van der Waals surface area contributed by atoms with Crippen LogP contribution in [0.3, 0.4) is 0 Å². The Morgan fingerprint density at radius 1 is 1.11 bits per heavy atom. The summed E-state index contributed by atoms with van der Waals surface area (Å²) in [4.78, 5) is 14.3. The molecule has 0 amide bonds. The summed E-state index contributed by atoms with van der Waals surface area (Å²) in [6.45, 7) is 0. The van der Waals surface area contributed by atoms with Crippen LogP contribution < -0.4 is 4.74 Å². The van der Waals surface area contributed by atoms with E-state index < -0.39 is 5.82 Å². The van der Waals surface area contributed by atoms with Crippen LogP contribution in [-0.4, -0.2) is 19.5 Å². The van der Waals surface area contributed by atoms with Crippen molar-refractivity contribution in [3.8, 4) is 11.5 Å². The zero-order valence-corrected chi connectivity index (χ0v) is 10.3. The van der Waals surface area contributed by atoms with Gasteiger partial charge in [0.2, 0.25) is 0 Å². The molecule has 0 fully saturated rings. The molecule has 0 atom stereocenters. The Bertz CT molecular complexity index is 606. The minimum Gasteiger partial charge on any atom is -0.454 e. The molecule has 2 aromatic carbocycles. The molecule has 0 aliphatic rings. The molecule has 4 heteroatoms. The van der Waals surface area contributed by atoms with Gasteiger partial charge in [-0.25, -0.2) is 4.39 Å². The van der Waals surface area contributed by atoms with Crippen molar-refractivity contribution in [3.63, 3.8) is 0 Å². The van der Waals surface area contributed by atoms with E-state index in [0.29, 0.717) is 16.9 Å². The molecule has 2 rings (SSSR count). The maximum atomic E-state index is 13.8. The fraction of sp³-hybridized carbons (Fsp3) is 0.0667. The second-order valence-electron chi connectivity index (χ2n) is 3.87. The number of carbonyl (C=O) groups is 1. The van der Waals surface area contributed by atoms with Crippen LogP contribution in [0.5, 0.6) is 11.5 Å². The van der Waals surface area contributed by atoms with Gasteiger partial charge >= 0.3 is 0 Å². The Morgan fingerprint density at radius 3 is 2.37 bits per heavy atom. The summed E-state index contributed by atoms with van der Waals surface area (Å²) in [7, 11) is 1.62. The van der Waals surface area contributed by atoms with Gasteiger partial charge in [0.1, 0.15) is 12.0 Å². The SMILES string of the molecule is CN=Cc1ccc(Oc2ccc(C=O)cc2)c(F)c1. The first kappa shape index (κ1) is 13.0. The zero-order chi connectivity index (χ0) is 13.7. The highest BCUT2D eigenvalue weighted by molar-refractivity contribution is 5.79. The third-order valence-corrected chi connectivity index (χ3v) is 2.48. The first-order valence-corrected chi connectivity index (χ1v) is 5.68. The number of ether oxygens (including phenoxy) is 1. The molecule has 0 aliphatic carbocycles. The van der Waals surface area contributed by atoms with Crippen LogP contribution in [-0.2, 0) is 0 Å². The van der Waals surface area contributed by atoms with Gasteiger partial charge in [0.15, 0.2) is 11.6 Å². The summed E-state index contributed by atoms with van der Waals surface area (Å²) in [6, 6.07) is 11.1. The Morgan fingerprint density at radius 2 is 1.79 bits per heavy atom. The molecule has 0 aliphatic heterocycles. The molecule has 3 nitrogen and oxygen atoms in total. The fourth-order valence-electron chi connectivity index (χ4n) is 1.57. The van der Waals surface area contributed by atoms with Gasteiger partial charge in [0.25, 0.3) is 0 Å². The molecule has 0 heterocycles. The van der Waals surface area contributed by atoms with Crippen molar-refractivity contribution in [2.24, 2.45) is 4.99 Å².